The van der Waals surface area contributed by atoms with Gasteiger partial charge >= 0.3 is 6.18 Å². The molecule has 0 saturated heterocycles. The number of halogens is 3. The minimum atomic E-state index is -4.67. The van der Waals surface area contributed by atoms with Crippen LogP contribution in [0.15, 0.2) is 16.9 Å². The van der Waals surface area contributed by atoms with Crippen LogP contribution in [0.5, 0.6) is 0 Å². The molecule has 3 N–H and O–H groups in total. The molecule has 23 heavy (non-hydrogen) atoms. The largest absolute Gasteiger partial charge is 0.431 e. The van der Waals surface area contributed by atoms with Gasteiger partial charge in [0, 0.05) is 13.2 Å². The molecule has 0 spiro atoms. The molecular formula is C15H21F3N2O3. The maximum absolute atomic E-state index is 12.5. The SMILES string of the molecule is CC(C)CC(CCO)CNC(=O)c1ccc(C(F)(F)F)[nH]c1=O. The number of H-pyrrole nitrogens is 1. The highest BCUT2D eigenvalue weighted by Gasteiger charge is 2.32. The zero-order valence-corrected chi connectivity index (χ0v) is 13.0. The summed E-state index contributed by atoms with van der Waals surface area (Å²) in [7, 11) is 0. The topological polar surface area (TPSA) is 82.2 Å². The third-order valence-corrected chi connectivity index (χ3v) is 3.35. The first-order valence-corrected chi connectivity index (χ1v) is 7.34. The number of carbonyl (C=O) groups is 1. The van der Waals surface area contributed by atoms with Crippen molar-refractivity contribution in [2.45, 2.75) is 32.9 Å². The molecule has 8 heteroatoms. The zero-order chi connectivity index (χ0) is 17.6. The molecule has 0 saturated carbocycles. The number of alkyl halides is 3. The number of hydrogen-bond donors (Lipinski definition) is 3. The summed E-state index contributed by atoms with van der Waals surface area (Å²) >= 11 is 0. The summed E-state index contributed by atoms with van der Waals surface area (Å²) in [6.07, 6.45) is -3.39. The predicted molar refractivity (Wildman–Crippen MR) is 79.0 cm³/mol. The zero-order valence-electron chi connectivity index (χ0n) is 13.0. The fourth-order valence-electron chi connectivity index (χ4n) is 2.30. The molecular weight excluding hydrogens is 313 g/mol. The van der Waals surface area contributed by atoms with E-state index in [1.54, 1.807) is 4.98 Å². The van der Waals surface area contributed by atoms with Crippen molar-refractivity contribution >= 4 is 5.91 Å². The third kappa shape index (κ3) is 6.05. The number of pyridine rings is 1. The molecule has 1 unspecified atom stereocenters. The molecule has 130 valence electrons. The van der Waals surface area contributed by atoms with E-state index < -0.39 is 23.3 Å². The van der Waals surface area contributed by atoms with Gasteiger partial charge in [0.15, 0.2) is 0 Å². The Morgan fingerprint density at radius 2 is 2.00 bits per heavy atom. The van der Waals surface area contributed by atoms with Crippen molar-refractivity contribution in [1.29, 1.82) is 0 Å². The number of aromatic amines is 1. The van der Waals surface area contributed by atoms with Gasteiger partial charge in [-0.1, -0.05) is 13.8 Å². The minimum absolute atomic E-state index is 0.0197. The summed E-state index contributed by atoms with van der Waals surface area (Å²) in [5, 5.41) is 11.5. The number of amides is 1. The Kier molecular flexibility index (Phi) is 6.80. The van der Waals surface area contributed by atoms with E-state index in [2.05, 4.69) is 5.32 Å². The normalized spacial score (nSPS) is 13.2. The highest BCUT2D eigenvalue weighted by Crippen LogP contribution is 2.26. The quantitative estimate of drug-likeness (QED) is 0.715. The second-order valence-corrected chi connectivity index (χ2v) is 5.83. The van der Waals surface area contributed by atoms with E-state index in [-0.39, 0.29) is 24.6 Å². The van der Waals surface area contributed by atoms with Gasteiger partial charge in [0.25, 0.3) is 11.5 Å². The number of hydrogen-bond acceptors (Lipinski definition) is 3. The van der Waals surface area contributed by atoms with E-state index in [0.29, 0.717) is 18.4 Å². The van der Waals surface area contributed by atoms with Crippen molar-refractivity contribution in [2.24, 2.45) is 11.8 Å². The van der Waals surface area contributed by atoms with Gasteiger partial charge in [0.05, 0.1) is 0 Å². The van der Waals surface area contributed by atoms with Crippen LogP contribution < -0.4 is 10.9 Å². The number of carbonyl (C=O) groups excluding carboxylic acids is 1. The van der Waals surface area contributed by atoms with E-state index in [1.807, 2.05) is 13.8 Å². The Bertz CT molecular complexity index is 582. The summed E-state index contributed by atoms with van der Waals surface area (Å²) in [5.41, 5.74) is -2.65. The molecule has 0 aliphatic heterocycles. The Labute approximate surface area is 131 Å². The second-order valence-electron chi connectivity index (χ2n) is 5.83. The van der Waals surface area contributed by atoms with Crippen LogP contribution in [-0.2, 0) is 6.18 Å². The van der Waals surface area contributed by atoms with Crippen molar-refractivity contribution in [3.05, 3.63) is 33.7 Å². The van der Waals surface area contributed by atoms with Crippen LogP contribution in [-0.4, -0.2) is 29.1 Å². The van der Waals surface area contributed by atoms with Gasteiger partial charge in [0.2, 0.25) is 0 Å². The number of rotatable bonds is 7. The first kappa shape index (κ1) is 19.2. The number of nitrogens with one attached hydrogen (secondary N) is 2. The van der Waals surface area contributed by atoms with Crippen LogP contribution in [0.3, 0.4) is 0 Å². The molecule has 1 aromatic heterocycles. The standard InChI is InChI=1S/C15H21F3N2O3/c1-9(2)7-10(5-6-21)8-19-13(22)11-3-4-12(15(16,17)18)20-14(11)23/h3-4,9-10,21H,5-8H2,1-2H3,(H,19,22)(H,20,23). The lowest BCUT2D eigenvalue weighted by Gasteiger charge is -2.18. The monoisotopic (exact) mass is 334 g/mol. The lowest BCUT2D eigenvalue weighted by Crippen LogP contribution is -2.34. The molecule has 1 aromatic rings. The molecule has 5 nitrogen and oxygen atoms in total. The van der Waals surface area contributed by atoms with Crippen molar-refractivity contribution < 1.29 is 23.1 Å². The van der Waals surface area contributed by atoms with Crippen molar-refractivity contribution in [1.82, 2.24) is 10.3 Å². The van der Waals surface area contributed by atoms with Gasteiger partial charge in [-0.15, -0.1) is 0 Å². The van der Waals surface area contributed by atoms with Crippen molar-refractivity contribution in [3.63, 3.8) is 0 Å². The van der Waals surface area contributed by atoms with Crippen LogP contribution in [0, 0.1) is 11.8 Å². The van der Waals surface area contributed by atoms with E-state index in [0.717, 1.165) is 12.5 Å². The predicted octanol–water partition coefficient (Wildman–Crippen LogP) is 2.17. The maximum atomic E-state index is 12.5. The first-order chi connectivity index (χ1) is 10.6. The fraction of sp³-hybridized carbons (Fsp3) is 0.600. The molecule has 0 aromatic carbocycles. The molecule has 0 radical (unpaired) electrons. The average Bonchev–Trinajstić information content (AvgIpc) is 2.43. The summed E-state index contributed by atoms with van der Waals surface area (Å²) in [6, 6.07) is 1.52. The highest BCUT2D eigenvalue weighted by molar-refractivity contribution is 5.93. The molecule has 1 heterocycles. The lowest BCUT2D eigenvalue weighted by molar-refractivity contribution is -0.141. The number of aliphatic hydroxyl groups is 1. The summed E-state index contributed by atoms with van der Waals surface area (Å²) in [4.78, 5) is 25.2. The van der Waals surface area contributed by atoms with Gasteiger partial charge in [-0.25, -0.2) is 0 Å². The Morgan fingerprint density at radius 3 is 2.48 bits per heavy atom. The minimum Gasteiger partial charge on any atom is -0.396 e. The highest BCUT2D eigenvalue weighted by atomic mass is 19.4. The Morgan fingerprint density at radius 1 is 1.35 bits per heavy atom. The van der Waals surface area contributed by atoms with E-state index in [9.17, 15) is 22.8 Å². The molecule has 1 amide bonds. The van der Waals surface area contributed by atoms with Crippen LogP contribution in [0.1, 0.15) is 42.7 Å². The number of aliphatic hydroxyl groups excluding tert-OH is 1. The van der Waals surface area contributed by atoms with Gasteiger partial charge in [-0.3, -0.25) is 9.59 Å². The molecule has 0 bridgehead atoms. The van der Waals surface area contributed by atoms with E-state index in [4.69, 9.17) is 5.11 Å². The van der Waals surface area contributed by atoms with Gasteiger partial charge in [-0.05, 0) is 36.8 Å². The number of aromatic nitrogens is 1. The third-order valence-electron chi connectivity index (χ3n) is 3.35. The molecule has 1 atom stereocenters. The molecule has 0 aliphatic carbocycles. The van der Waals surface area contributed by atoms with Crippen molar-refractivity contribution in [2.75, 3.05) is 13.2 Å². The summed E-state index contributed by atoms with van der Waals surface area (Å²) in [6.45, 7) is 4.24. The first-order valence-electron chi connectivity index (χ1n) is 7.34. The maximum Gasteiger partial charge on any atom is 0.431 e. The average molecular weight is 334 g/mol. The lowest BCUT2D eigenvalue weighted by atomic mass is 9.94. The summed E-state index contributed by atoms with van der Waals surface area (Å²) in [5.74, 6) is -0.318. The van der Waals surface area contributed by atoms with Crippen LogP contribution in [0.2, 0.25) is 0 Å². The Hall–Kier alpha value is -1.83. The van der Waals surface area contributed by atoms with Gasteiger partial charge in [0.1, 0.15) is 11.3 Å². The van der Waals surface area contributed by atoms with Gasteiger partial charge in [-0.2, -0.15) is 13.2 Å². The fourth-order valence-corrected chi connectivity index (χ4v) is 2.30. The van der Waals surface area contributed by atoms with E-state index in [1.165, 1.54) is 0 Å². The molecule has 1 rings (SSSR count). The van der Waals surface area contributed by atoms with E-state index >= 15 is 0 Å². The molecule has 0 fully saturated rings. The van der Waals surface area contributed by atoms with Crippen LogP contribution in [0.4, 0.5) is 13.2 Å². The van der Waals surface area contributed by atoms with Crippen molar-refractivity contribution in [3.8, 4) is 0 Å². The molecule has 0 aliphatic rings. The van der Waals surface area contributed by atoms with Gasteiger partial charge < -0.3 is 15.4 Å². The van der Waals surface area contributed by atoms with Crippen LogP contribution in [0.25, 0.3) is 0 Å². The van der Waals surface area contributed by atoms with Crippen LogP contribution >= 0.6 is 0 Å². The second kappa shape index (κ2) is 8.14. The smallest absolute Gasteiger partial charge is 0.396 e. The Balaban J connectivity index is 2.76. The summed E-state index contributed by atoms with van der Waals surface area (Å²) < 4.78 is 37.4.